The molecule has 2 rings (SSSR count). The van der Waals surface area contributed by atoms with Crippen LogP contribution in [0.3, 0.4) is 0 Å². The minimum Gasteiger partial charge on any atom is -0.317 e. The van der Waals surface area contributed by atoms with Crippen molar-refractivity contribution in [1.82, 2.24) is 10.2 Å². The van der Waals surface area contributed by atoms with E-state index < -0.39 is 0 Å². The van der Waals surface area contributed by atoms with Crippen LogP contribution in [0.2, 0.25) is 0 Å². The average molecular weight is 224 g/mol. The second-order valence-corrected chi connectivity index (χ2v) is 6.14. The fourth-order valence-electron chi connectivity index (χ4n) is 3.76. The molecule has 0 aromatic heterocycles. The number of likely N-dealkylation sites (tertiary alicyclic amines) is 1. The van der Waals surface area contributed by atoms with Crippen LogP contribution < -0.4 is 5.32 Å². The van der Waals surface area contributed by atoms with Gasteiger partial charge in [0.2, 0.25) is 0 Å². The summed E-state index contributed by atoms with van der Waals surface area (Å²) in [6.45, 7) is 9.88. The maximum atomic E-state index is 3.46. The van der Waals surface area contributed by atoms with Crippen LogP contribution in [0.25, 0.3) is 0 Å². The molecule has 0 spiro atoms. The predicted octanol–water partition coefficient (Wildman–Crippen LogP) is 2.35. The lowest BCUT2D eigenvalue weighted by molar-refractivity contribution is 0.0854. The molecule has 0 aromatic carbocycles. The third-order valence-corrected chi connectivity index (χ3v) is 5.20. The zero-order chi connectivity index (χ0) is 11.7. The summed E-state index contributed by atoms with van der Waals surface area (Å²) in [4.78, 5) is 2.77. The molecule has 1 saturated carbocycles. The fourth-order valence-corrected chi connectivity index (χ4v) is 3.76. The molecule has 16 heavy (non-hydrogen) atoms. The molecule has 0 amide bonds. The summed E-state index contributed by atoms with van der Waals surface area (Å²) >= 11 is 0. The van der Waals surface area contributed by atoms with Gasteiger partial charge < -0.3 is 5.32 Å². The number of nitrogens with zero attached hydrogens (tertiary/aromatic N) is 1. The number of hydrogen-bond acceptors (Lipinski definition) is 2. The van der Waals surface area contributed by atoms with Gasteiger partial charge in [0.15, 0.2) is 0 Å². The monoisotopic (exact) mass is 224 g/mol. The number of hydrogen-bond donors (Lipinski definition) is 1. The highest BCUT2D eigenvalue weighted by Crippen LogP contribution is 2.36. The molecule has 5 atom stereocenters. The van der Waals surface area contributed by atoms with Crippen molar-refractivity contribution in [3.63, 3.8) is 0 Å². The molecule has 5 unspecified atom stereocenters. The Hall–Kier alpha value is -0.0800. The molecular formula is C14H28N2. The standard InChI is InChI=1S/C14H28N2/c1-10-5-6-14(12(10)3)16-8-7-13(15-4)11(2)9-16/h10-15H,5-9H2,1-4H3. The van der Waals surface area contributed by atoms with E-state index in [0.29, 0.717) is 0 Å². The fraction of sp³-hybridized carbons (Fsp3) is 1.00. The van der Waals surface area contributed by atoms with Crippen LogP contribution in [0, 0.1) is 17.8 Å². The van der Waals surface area contributed by atoms with Gasteiger partial charge in [0, 0.05) is 18.6 Å². The quantitative estimate of drug-likeness (QED) is 0.774. The molecule has 0 bridgehead atoms. The van der Waals surface area contributed by atoms with E-state index in [-0.39, 0.29) is 0 Å². The van der Waals surface area contributed by atoms with Crippen molar-refractivity contribution in [2.24, 2.45) is 17.8 Å². The Labute approximate surface area is 101 Å². The zero-order valence-electron chi connectivity index (χ0n) is 11.4. The molecule has 0 radical (unpaired) electrons. The highest BCUT2D eigenvalue weighted by Gasteiger charge is 2.36. The molecule has 1 aliphatic carbocycles. The van der Waals surface area contributed by atoms with Crippen LogP contribution in [0.1, 0.15) is 40.0 Å². The van der Waals surface area contributed by atoms with Crippen LogP contribution in [-0.4, -0.2) is 37.1 Å². The van der Waals surface area contributed by atoms with E-state index in [1.807, 2.05) is 0 Å². The molecule has 2 nitrogen and oxygen atoms in total. The second kappa shape index (κ2) is 5.05. The third-order valence-electron chi connectivity index (χ3n) is 5.20. The summed E-state index contributed by atoms with van der Waals surface area (Å²) in [5, 5.41) is 3.46. The first-order valence-electron chi connectivity index (χ1n) is 7.04. The highest BCUT2D eigenvalue weighted by molar-refractivity contribution is 4.91. The lowest BCUT2D eigenvalue weighted by atomic mass is 9.90. The molecule has 2 heteroatoms. The van der Waals surface area contributed by atoms with E-state index in [0.717, 1.165) is 29.8 Å². The normalized spacial score (nSPS) is 46.1. The van der Waals surface area contributed by atoms with Crippen LogP contribution in [0.4, 0.5) is 0 Å². The minimum absolute atomic E-state index is 0.741. The van der Waals surface area contributed by atoms with Crippen LogP contribution >= 0.6 is 0 Å². The van der Waals surface area contributed by atoms with Gasteiger partial charge in [-0.15, -0.1) is 0 Å². The molecule has 0 aromatic rings. The summed E-state index contributed by atoms with van der Waals surface area (Å²) in [5.74, 6) is 2.64. The zero-order valence-corrected chi connectivity index (χ0v) is 11.4. The van der Waals surface area contributed by atoms with E-state index in [1.165, 1.54) is 32.4 Å². The Balaban J connectivity index is 1.92. The van der Waals surface area contributed by atoms with Gasteiger partial charge in [0.1, 0.15) is 0 Å². The van der Waals surface area contributed by atoms with E-state index in [4.69, 9.17) is 0 Å². The lowest BCUT2D eigenvalue weighted by Crippen LogP contribution is -2.51. The number of rotatable bonds is 2. The molecule has 94 valence electrons. The second-order valence-electron chi connectivity index (χ2n) is 6.14. The van der Waals surface area contributed by atoms with E-state index in [9.17, 15) is 0 Å². The first kappa shape index (κ1) is 12.4. The van der Waals surface area contributed by atoms with Crippen LogP contribution in [0.15, 0.2) is 0 Å². The van der Waals surface area contributed by atoms with Crippen molar-refractivity contribution in [1.29, 1.82) is 0 Å². The van der Waals surface area contributed by atoms with Crippen LogP contribution in [-0.2, 0) is 0 Å². The summed E-state index contributed by atoms with van der Waals surface area (Å²) in [7, 11) is 2.11. The van der Waals surface area contributed by atoms with Crippen LogP contribution in [0.5, 0.6) is 0 Å². The molecular weight excluding hydrogens is 196 g/mol. The van der Waals surface area contributed by atoms with Gasteiger partial charge in [-0.2, -0.15) is 0 Å². The number of nitrogens with one attached hydrogen (secondary N) is 1. The number of piperidine rings is 1. The first-order chi connectivity index (χ1) is 7.63. The first-order valence-corrected chi connectivity index (χ1v) is 7.04. The van der Waals surface area contributed by atoms with E-state index in [2.05, 4.69) is 38.0 Å². The molecule has 1 heterocycles. The van der Waals surface area contributed by atoms with Gasteiger partial charge >= 0.3 is 0 Å². The lowest BCUT2D eigenvalue weighted by Gasteiger charge is -2.41. The van der Waals surface area contributed by atoms with Gasteiger partial charge in [0.05, 0.1) is 0 Å². The van der Waals surface area contributed by atoms with Gasteiger partial charge in [-0.1, -0.05) is 20.8 Å². The summed E-state index contributed by atoms with van der Waals surface area (Å²) in [6, 6.07) is 1.61. The van der Waals surface area contributed by atoms with Gasteiger partial charge in [-0.25, -0.2) is 0 Å². The SMILES string of the molecule is CNC1CCN(C2CCC(C)C2C)CC1C. The molecule has 1 N–H and O–H groups in total. The Kier molecular flexibility index (Phi) is 3.91. The van der Waals surface area contributed by atoms with Crippen molar-refractivity contribution < 1.29 is 0 Å². The summed E-state index contributed by atoms with van der Waals surface area (Å²) in [5.41, 5.74) is 0. The third kappa shape index (κ3) is 2.28. The minimum atomic E-state index is 0.741. The maximum absolute atomic E-state index is 3.46. The van der Waals surface area contributed by atoms with Crippen molar-refractivity contribution in [2.45, 2.75) is 52.1 Å². The molecule has 2 fully saturated rings. The summed E-state index contributed by atoms with van der Waals surface area (Å²) in [6.07, 6.45) is 4.20. The van der Waals surface area contributed by atoms with Gasteiger partial charge in [0.25, 0.3) is 0 Å². The largest absolute Gasteiger partial charge is 0.317 e. The average Bonchev–Trinajstić information content (AvgIpc) is 2.60. The Morgan fingerprint density at radius 2 is 1.75 bits per heavy atom. The van der Waals surface area contributed by atoms with Gasteiger partial charge in [-0.3, -0.25) is 4.90 Å². The topological polar surface area (TPSA) is 15.3 Å². The Bertz CT molecular complexity index is 229. The van der Waals surface area contributed by atoms with Crippen molar-refractivity contribution in [3.05, 3.63) is 0 Å². The highest BCUT2D eigenvalue weighted by atomic mass is 15.2. The smallest absolute Gasteiger partial charge is 0.0124 e. The molecule has 1 saturated heterocycles. The van der Waals surface area contributed by atoms with Crippen molar-refractivity contribution in [3.8, 4) is 0 Å². The Morgan fingerprint density at radius 1 is 1.00 bits per heavy atom. The molecule has 1 aliphatic heterocycles. The van der Waals surface area contributed by atoms with Gasteiger partial charge in [-0.05, 0) is 50.6 Å². The molecule has 2 aliphatic rings. The van der Waals surface area contributed by atoms with Crippen molar-refractivity contribution >= 4 is 0 Å². The predicted molar refractivity (Wildman–Crippen MR) is 69.6 cm³/mol. The summed E-state index contributed by atoms with van der Waals surface area (Å²) < 4.78 is 0. The van der Waals surface area contributed by atoms with E-state index in [1.54, 1.807) is 0 Å². The maximum Gasteiger partial charge on any atom is 0.0124 e. The Morgan fingerprint density at radius 3 is 2.25 bits per heavy atom. The van der Waals surface area contributed by atoms with Crippen molar-refractivity contribution in [2.75, 3.05) is 20.1 Å². The van der Waals surface area contributed by atoms with E-state index >= 15 is 0 Å².